The molecule has 2 heterocycles. The maximum Gasteiger partial charge on any atom is 0.352 e. The Labute approximate surface area is 135 Å². The molecule has 0 aliphatic carbocycles. The van der Waals surface area contributed by atoms with Gasteiger partial charge >= 0.3 is 11.9 Å². The van der Waals surface area contributed by atoms with E-state index in [1.165, 1.54) is 37.7 Å². The average Bonchev–Trinajstić information content (AvgIpc) is 2.52. The van der Waals surface area contributed by atoms with Crippen LogP contribution in [-0.2, 0) is 23.9 Å². The van der Waals surface area contributed by atoms with Gasteiger partial charge in [0.1, 0.15) is 11.1 Å². The summed E-state index contributed by atoms with van der Waals surface area (Å²) in [5.74, 6) is -1.29. The number of fused-ring (bicyclic) bond motifs is 1. The van der Waals surface area contributed by atoms with Crippen molar-refractivity contribution >= 4 is 41.4 Å². The minimum Gasteiger partial charge on any atom is -0.477 e. The van der Waals surface area contributed by atoms with Gasteiger partial charge in [0.05, 0.1) is 12.9 Å². The molecule has 2 rings (SSSR count). The van der Waals surface area contributed by atoms with Gasteiger partial charge in [0.25, 0.3) is 5.91 Å². The summed E-state index contributed by atoms with van der Waals surface area (Å²) in [6, 6.07) is 0. The molecule has 1 fully saturated rings. The van der Waals surface area contributed by atoms with Gasteiger partial charge in [-0.3, -0.25) is 20.2 Å². The van der Waals surface area contributed by atoms with Crippen molar-refractivity contribution in [1.82, 2.24) is 4.90 Å². The molecule has 0 bridgehead atoms. The van der Waals surface area contributed by atoms with E-state index >= 15 is 0 Å². The maximum atomic E-state index is 12.1. The van der Waals surface area contributed by atoms with Crippen molar-refractivity contribution in [1.29, 1.82) is 0 Å². The van der Waals surface area contributed by atoms with Crippen LogP contribution in [0.5, 0.6) is 0 Å². The lowest BCUT2D eigenvalue weighted by Gasteiger charge is -2.54. The quantitative estimate of drug-likeness (QED) is 0.370. The molecule has 1 unspecified atom stereocenters. The number of nitrogens with two attached hydrogens (primary N) is 1. The molecule has 3 N–H and O–H groups in total. The van der Waals surface area contributed by atoms with Gasteiger partial charge in [-0.15, -0.1) is 23.5 Å². The van der Waals surface area contributed by atoms with E-state index in [-0.39, 0.29) is 17.4 Å². The van der Waals surface area contributed by atoms with E-state index in [4.69, 9.17) is 10.5 Å². The van der Waals surface area contributed by atoms with Gasteiger partial charge in [0, 0.05) is 18.6 Å². The molecule has 122 valence electrons. The Kier molecular flexibility index (Phi) is 5.05. The van der Waals surface area contributed by atoms with Crippen LogP contribution in [0.25, 0.3) is 0 Å². The molecule has 0 spiro atoms. The van der Waals surface area contributed by atoms with Crippen molar-refractivity contribution in [2.45, 2.75) is 11.1 Å². The summed E-state index contributed by atoms with van der Waals surface area (Å²) in [6.45, 7) is 0. The highest BCUT2D eigenvalue weighted by molar-refractivity contribution is 8.01. The number of hydrogen-bond donors (Lipinski definition) is 2. The number of amides is 1. The van der Waals surface area contributed by atoms with Crippen LogP contribution in [0.2, 0.25) is 0 Å². The van der Waals surface area contributed by atoms with Crippen LogP contribution in [0.15, 0.2) is 11.3 Å². The van der Waals surface area contributed by atoms with Crippen LogP contribution < -0.4 is 5.73 Å². The van der Waals surface area contributed by atoms with Crippen molar-refractivity contribution in [3.05, 3.63) is 11.3 Å². The van der Waals surface area contributed by atoms with E-state index in [0.29, 0.717) is 17.1 Å². The highest BCUT2D eigenvalue weighted by atomic mass is 32.2. The third kappa shape index (κ3) is 2.71. The second kappa shape index (κ2) is 6.49. The predicted octanol–water partition coefficient (Wildman–Crippen LogP) is -0.552. The average molecular weight is 348 g/mol. The first-order valence-electron chi connectivity index (χ1n) is 6.26. The van der Waals surface area contributed by atoms with Crippen LogP contribution in [0.1, 0.15) is 0 Å². The summed E-state index contributed by atoms with van der Waals surface area (Å²) in [5, 5.41) is 8.85. The highest BCUT2D eigenvalue weighted by Crippen LogP contribution is 2.45. The Morgan fingerprint density at radius 1 is 1.55 bits per heavy atom. The molecule has 0 radical (unpaired) electrons. The topological polar surface area (TPSA) is 119 Å². The molecule has 0 aromatic heterocycles. The number of esters is 1. The molecule has 0 saturated carbocycles. The van der Waals surface area contributed by atoms with Gasteiger partial charge in [-0.1, -0.05) is 0 Å². The standard InChI is InChI=1S/C12H16N2O6S2/c1-19-7(15)5-21-3-6-4-22-11-12(13,20-2)10(18)14(11)8(6)9(16)17/h11H,3-5,13H2,1-2H3,(H,16,17)/t11-,12?/m1/s1. The second-order valence-corrected chi connectivity index (χ2v) is 6.72. The fourth-order valence-electron chi connectivity index (χ4n) is 2.23. The lowest BCUT2D eigenvalue weighted by molar-refractivity contribution is -0.182. The van der Waals surface area contributed by atoms with E-state index in [1.807, 2.05) is 0 Å². The van der Waals surface area contributed by atoms with Crippen molar-refractivity contribution in [3.8, 4) is 0 Å². The molecule has 1 saturated heterocycles. The van der Waals surface area contributed by atoms with Gasteiger partial charge in [0.15, 0.2) is 0 Å². The highest BCUT2D eigenvalue weighted by Gasteiger charge is 2.63. The predicted molar refractivity (Wildman–Crippen MR) is 81.0 cm³/mol. The summed E-state index contributed by atoms with van der Waals surface area (Å²) in [5.41, 5.74) is 4.89. The lowest BCUT2D eigenvalue weighted by Crippen LogP contribution is -2.78. The minimum absolute atomic E-state index is 0.0655. The summed E-state index contributed by atoms with van der Waals surface area (Å²) < 4.78 is 9.56. The summed E-state index contributed by atoms with van der Waals surface area (Å²) in [4.78, 5) is 35.9. The number of carboxylic acids is 1. The molecule has 2 aliphatic rings. The zero-order valence-electron chi connectivity index (χ0n) is 12.0. The second-order valence-electron chi connectivity index (χ2n) is 4.66. The summed E-state index contributed by atoms with van der Waals surface area (Å²) in [7, 11) is 2.61. The van der Waals surface area contributed by atoms with E-state index in [1.54, 1.807) is 0 Å². The van der Waals surface area contributed by atoms with Crippen molar-refractivity contribution in [2.75, 3.05) is 31.5 Å². The Morgan fingerprint density at radius 2 is 2.23 bits per heavy atom. The van der Waals surface area contributed by atoms with E-state index in [9.17, 15) is 19.5 Å². The number of carbonyl (C=O) groups is 3. The summed E-state index contributed by atoms with van der Waals surface area (Å²) >= 11 is 2.58. The minimum atomic E-state index is -1.48. The van der Waals surface area contributed by atoms with Gasteiger partial charge in [-0.05, 0) is 5.57 Å². The number of hydrogen-bond acceptors (Lipinski definition) is 8. The third-order valence-corrected chi connectivity index (χ3v) is 5.79. The largest absolute Gasteiger partial charge is 0.477 e. The maximum absolute atomic E-state index is 12.1. The number of carbonyl (C=O) groups excluding carboxylic acids is 2. The monoisotopic (exact) mass is 348 g/mol. The molecule has 0 aromatic rings. The molecule has 8 nitrogen and oxygen atoms in total. The van der Waals surface area contributed by atoms with Crippen LogP contribution in [0, 0.1) is 0 Å². The molecule has 22 heavy (non-hydrogen) atoms. The van der Waals surface area contributed by atoms with Crippen molar-refractivity contribution in [2.24, 2.45) is 5.73 Å². The smallest absolute Gasteiger partial charge is 0.352 e. The number of thioether (sulfide) groups is 2. The molecule has 10 heteroatoms. The fourth-order valence-corrected chi connectivity index (χ4v) is 4.62. The van der Waals surface area contributed by atoms with Crippen molar-refractivity contribution in [3.63, 3.8) is 0 Å². The Balaban J connectivity index is 2.16. The van der Waals surface area contributed by atoms with Gasteiger partial charge in [-0.2, -0.15) is 0 Å². The normalized spacial score (nSPS) is 27.3. The number of aliphatic carboxylic acids is 1. The first-order valence-corrected chi connectivity index (χ1v) is 8.46. The number of β-lactam (4-membered cyclic amide) rings is 1. The molecule has 0 aromatic carbocycles. The lowest BCUT2D eigenvalue weighted by atomic mass is 10.00. The molecular weight excluding hydrogens is 332 g/mol. The Hall–Kier alpha value is -1.23. The number of nitrogens with zero attached hydrogens (tertiary/aromatic N) is 1. The van der Waals surface area contributed by atoms with E-state index < -0.39 is 23.0 Å². The van der Waals surface area contributed by atoms with E-state index in [2.05, 4.69) is 4.74 Å². The Bertz CT molecular complexity index is 552. The number of methoxy groups -OCH3 is 2. The zero-order chi connectivity index (χ0) is 16.5. The first-order chi connectivity index (χ1) is 10.4. The number of rotatable bonds is 6. The van der Waals surface area contributed by atoms with Gasteiger partial charge in [0.2, 0.25) is 5.72 Å². The molecule has 2 aliphatic heterocycles. The van der Waals surface area contributed by atoms with Gasteiger partial charge < -0.3 is 14.6 Å². The molecule has 2 atom stereocenters. The SMILES string of the molecule is COC(=O)CSCC1=C(C(=O)O)N2C(=O)C(N)(OC)[C@H]2SC1. The van der Waals surface area contributed by atoms with Crippen LogP contribution in [-0.4, -0.2) is 70.4 Å². The van der Waals surface area contributed by atoms with Crippen LogP contribution in [0.3, 0.4) is 0 Å². The van der Waals surface area contributed by atoms with Crippen molar-refractivity contribution < 1.29 is 29.0 Å². The zero-order valence-corrected chi connectivity index (χ0v) is 13.7. The molecular formula is C12H16N2O6S2. The van der Waals surface area contributed by atoms with Crippen LogP contribution in [0.4, 0.5) is 0 Å². The number of carboxylic acid groups (broad SMARTS) is 1. The number of ether oxygens (including phenoxy) is 2. The molecule has 1 amide bonds. The summed E-state index contributed by atoms with van der Waals surface area (Å²) in [6.07, 6.45) is 0. The fraction of sp³-hybridized carbons (Fsp3) is 0.583. The van der Waals surface area contributed by atoms with Crippen LogP contribution >= 0.6 is 23.5 Å². The third-order valence-electron chi connectivity index (χ3n) is 3.41. The Morgan fingerprint density at radius 3 is 2.77 bits per heavy atom. The van der Waals surface area contributed by atoms with E-state index in [0.717, 1.165) is 4.90 Å². The first kappa shape index (κ1) is 17.1. The van der Waals surface area contributed by atoms with Gasteiger partial charge in [-0.25, -0.2) is 4.79 Å².